The maximum atomic E-state index is 12.6. The number of rotatable bonds is 5. The van der Waals surface area contributed by atoms with Crippen LogP contribution < -0.4 is 5.32 Å². The van der Waals surface area contributed by atoms with E-state index < -0.39 is 0 Å². The lowest BCUT2D eigenvalue weighted by Gasteiger charge is -2.08. The molecule has 0 saturated heterocycles. The van der Waals surface area contributed by atoms with Gasteiger partial charge >= 0.3 is 0 Å². The zero-order valence-corrected chi connectivity index (χ0v) is 15.4. The van der Waals surface area contributed by atoms with Crippen molar-refractivity contribution in [2.45, 2.75) is 34.1 Å². The van der Waals surface area contributed by atoms with Gasteiger partial charge in [0.05, 0.1) is 5.92 Å². The molecule has 1 aromatic heterocycles. The average Bonchev–Trinajstić information content (AvgIpc) is 3.10. The summed E-state index contributed by atoms with van der Waals surface area (Å²) in [6, 6.07) is 12.2. The predicted molar refractivity (Wildman–Crippen MR) is 102 cm³/mol. The van der Waals surface area contributed by atoms with Crippen LogP contribution in [-0.2, 0) is 11.2 Å². The summed E-state index contributed by atoms with van der Waals surface area (Å²) in [5.74, 6) is 0.511. The van der Waals surface area contributed by atoms with Gasteiger partial charge in [-0.15, -0.1) is 0 Å². The fourth-order valence-corrected chi connectivity index (χ4v) is 3.51. The van der Waals surface area contributed by atoms with Gasteiger partial charge in [0.15, 0.2) is 0 Å². The zero-order chi connectivity index (χ0) is 18.0. The molecule has 1 N–H and O–H groups in total. The third-order valence-corrected chi connectivity index (χ3v) is 5.09. The molecule has 130 valence electrons. The van der Waals surface area contributed by atoms with Crippen molar-refractivity contribution < 1.29 is 4.79 Å². The molecule has 2 atom stereocenters. The van der Waals surface area contributed by atoms with E-state index in [1.807, 2.05) is 36.7 Å². The van der Waals surface area contributed by atoms with Crippen LogP contribution in [0.4, 0.5) is 5.69 Å². The van der Waals surface area contributed by atoms with Crippen LogP contribution in [-0.4, -0.2) is 10.9 Å². The van der Waals surface area contributed by atoms with Gasteiger partial charge in [0.25, 0.3) is 0 Å². The van der Waals surface area contributed by atoms with Crippen molar-refractivity contribution in [3.05, 3.63) is 71.6 Å². The van der Waals surface area contributed by atoms with E-state index in [4.69, 9.17) is 0 Å². The van der Waals surface area contributed by atoms with Crippen LogP contribution in [0.5, 0.6) is 0 Å². The summed E-state index contributed by atoms with van der Waals surface area (Å²) in [6.07, 6.45) is 6.71. The number of nitrogens with zero attached hydrogens (tertiary/aromatic N) is 1. The van der Waals surface area contributed by atoms with Crippen molar-refractivity contribution in [1.29, 1.82) is 0 Å². The smallest absolute Gasteiger partial charge is 0.228 e. The minimum atomic E-state index is 0.0443. The predicted octanol–water partition coefficient (Wildman–Crippen LogP) is 4.85. The van der Waals surface area contributed by atoms with Crippen molar-refractivity contribution in [2.24, 2.45) is 17.3 Å². The average molecular weight is 334 g/mol. The Morgan fingerprint density at radius 2 is 1.68 bits per heavy atom. The summed E-state index contributed by atoms with van der Waals surface area (Å²) in [5, 5.41) is 3.08. The maximum Gasteiger partial charge on any atom is 0.228 e. The number of amides is 1. The molecular weight excluding hydrogens is 308 g/mol. The van der Waals surface area contributed by atoms with Crippen LogP contribution in [0, 0.1) is 17.3 Å². The van der Waals surface area contributed by atoms with Crippen LogP contribution in [0.15, 0.2) is 60.4 Å². The van der Waals surface area contributed by atoms with Gasteiger partial charge in [-0.3, -0.25) is 9.78 Å². The summed E-state index contributed by atoms with van der Waals surface area (Å²) < 4.78 is 0. The minimum Gasteiger partial charge on any atom is -0.326 e. The summed E-state index contributed by atoms with van der Waals surface area (Å²) >= 11 is 0. The number of nitrogens with one attached hydrogen (secondary N) is 1. The number of allylic oxidation sites excluding steroid dienone is 2. The molecule has 2 aromatic rings. The lowest BCUT2D eigenvalue weighted by atomic mass is 10.1. The fraction of sp³-hybridized carbons (Fsp3) is 0.364. The zero-order valence-electron chi connectivity index (χ0n) is 15.4. The SMILES string of the molecule is CC(C)=C[C@H]1[C@@H](C(=O)Nc2ccc(Cc3ccncc3)cc2)C1(C)C. The van der Waals surface area contributed by atoms with E-state index in [0.717, 1.165) is 12.1 Å². The van der Waals surface area contributed by atoms with E-state index >= 15 is 0 Å². The fourth-order valence-electron chi connectivity index (χ4n) is 3.51. The standard InChI is InChI=1S/C22H26N2O/c1-15(2)13-19-20(22(19,3)4)21(25)24-18-7-5-16(6-8-18)14-17-9-11-23-12-10-17/h5-13,19-20H,14H2,1-4H3,(H,24,25)/t19-,20-/m0/s1. The maximum absolute atomic E-state index is 12.6. The highest BCUT2D eigenvalue weighted by atomic mass is 16.2. The van der Waals surface area contributed by atoms with E-state index in [2.05, 4.69) is 56.2 Å². The minimum absolute atomic E-state index is 0.0443. The van der Waals surface area contributed by atoms with Crippen molar-refractivity contribution in [3.8, 4) is 0 Å². The molecule has 0 spiro atoms. The molecule has 3 heteroatoms. The number of carbonyl (C=O) groups excluding carboxylic acids is 1. The van der Waals surface area contributed by atoms with Crippen LogP contribution in [0.2, 0.25) is 0 Å². The van der Waals surface area contributed by atoms with Gasteiger partial charge in [0.1, 0.15) is 0 Å². The normalized spacial score (nSPS) is 20.6. The van der Waals surface area contributed by atoms with E-state index in [1.165, 1.54) is 16.7 Å². The lowest BCUT2D eigenvalue weighted by Crippen LogP contribution is -2.16. The molecule has 0 bridgehead atoms. The van der Waals surface area contributed by atoms with Gasteiger partial charge < -0.3 is 5.32 Å². The number of hydrogen-bond donors (Lipinski definition) is 1. The van der Waals surface area contributed by atoms with Gasteiger partial charge in [-0.25, -0.2) is 0 Å². The van der Waals surface area contributed by atoms with Gasteiger partial charge in [-0.1, -0.05) is 37.6 Å². The summed E-state index contributed by atoms with van der Waals surface area (Å²) in [7, 11) is 0. The monoisotopic (exact) mass is 334 g/mol. The summed E-state index contributed by atoms with van der Waals surface area (Å²) in [4.78, 5) is 16.7. The first-order valence-electron chi connectivity index (χ1n) is 8.81. The quantitative estimate of drug-likeness (QED) is 0.794. The van der Waals surface area contributed by atoms with Crippen LogP contribution in [0.25, 0.3) is 0 Å². The van der Waals surface area contributed by atoms with E-state index in [-0.39, 0.29) is 17.2 Å². The largest absolute Gasteiger partial charge is 0.326 e. The second-order valence-corrected chi connectivity index (χ2v) is 7.79. The molecule has 3 nitrogen and oxygen atoms in total. The molecule has 1 fully saturated rings. The van der Waals surface area contributed by atoms with Crippen LogP contribution in [0.1, 0.15) is 38.8 Å². The first-order valence-corrected chi connectivity index (χ1v) is 8.81. The van der Waals surface area contributed by atoms with Crippen molar-refractivity contribution in [2.75, 3.05) is 5.32 Å². The number of anilines is 1. The van der Waals surface area contributed by atoms with E-state index in [1.54, 1.807) is 0 Å². The molecule has 1 aliphatic rings. The van der Waals surface area contributed by atoms with E-state index in [0.29, 0.717) is 5.92 Å². The number of pyridine rings is 1. The molecule has 1 saturated carbocycles. The molecule has 3 rings (SSSR count). The number of aromatic nitrogens is 1. The molecular formula is C22H26N2O. The molecule has 0 aliphatic heterocycles. The molecule has 1 amide bonds. The Bertz CT molecular complexity index is 771. The highest BCUT2D eigenvalue weighted by Gasteiger charge is 2.60. The topological polar surface area (TPSA) is 42.0 Å². The molecule has 1 aliphatic carbocycles. The molecule has 25 heavy (non-hydrogen) atoms. The highest BCUT2D eigenvalue weighted by Crippen LogP contribution is 2.59. The lowest BCUT2D eigenvalue weighted by molar-refractivity contribution is -0.118. The van der Waals surface area contributed by atoms with Crippen molar-refractivity contribution in [3.63, 3.8) is 0 Å². The Morgan fingerprint density at radius 3 is 2.28 bits per heavy atom. The van der Waals surface area contributed by atoms with Gasteiger partial charge in [0.2, 0.25) is 5.91 Å². The highest BCUT2D eigenvalue weighted by molar-refractivity contribution is 5.95. The van der Waals surface area contributed by atoms with Gasteiger partial charge in [0, 0.05) is 18.1 Å². The molecule has 0 unspecified atom stereocenters. The molecule has 1 heterocycles. The second kappa shape index (κ2) is 6.83. The van der Waals surface area contributed by atoms with Crippen LogP contribution in [0.3, 0.4) is 0 Å². The number of carbonyl (C=O) groups is 1. The number of benzene rings is 1. The Hall–Kier alpha value is -2.42. The summed E-state index contributed by atoms with van der Waals surface area (Å²) in [6.45, 7) is 8.51. The summed E-state index contributed by atoms with van der Waals surface area (Å²) in [5.41, 5.74) is 4.63. The van der Waals surface area contributed by atoms with E-state index in [9.17, 15) is 4.79 Å². The molecule has 1 aromatic carbocycles. The van der Waals surface area contributed by atoms with Gasteiger partial charge in [-0.2, -0.15) is 0 Å². The third kappa shape index (κ3) is 3.98. The Balaban J connectivity index is 1.62. The van der Waals surface area contributed by atoms with Gasteiger partial charge in [-0.05, 0) is 67.0 Å². The van der Waals surface area contributed by atoms with Crippen molar-refractivity contribution >= 4 is 11.6 Å². The Morgan fingerprint density at radius 1 is 1.08 bits per heavy atom. The first-order chi connectivity index (χ1) is 11.9. The van der Waals surface area contributed by atoms with Crippen molar-refractivity contribution in [1.82, 2.24) is 4.98 Å². The Labute approximate surface area is 150 Å². The third-order valence-electron chi connectivity index (χ3n) is 5.09. The number of hydrogen-bond acceptors (Lipinski definition) is 2. The van der Waals surface area contributed by atoms with Crippen LogP contribution >= 0.6 is 0 Å². The first kappa shape index (κ1) is 17.4. The molecule has 0 radical (unpaired) electrons. The Kier molecular flexibility index (Phi) is 4.76. The second-order valence-electron chi connectivity index (χ2n) is 7.79.